The molecule has 3 aromatic rings. The van der Waals surface area contributed by atoms with Crippen molar-refractivity contribution >= 4 is 22.8 Å². The topological polar surface area (TPSA) is 153 Å². The number of H-pyrrole nitrogens is 1. The van der Waals surface area contributed by atoms with E-state index in [0.717, 1.165) is 0 Å². The van der Waals surface area contributed by atoms with Gasteiger partial charge in [-0.05, 0) is 24.6 Å². The first-order valence-electron chi connectivity index (χ1n) is 9.16. The van der Waals surface area contributed by atoms with Crippen molar-refractivity contribution in [3.8, 4) is 5.88 Å². The molecule has 0 spiro atoms. The van der Waals surface area contributed by atoms with Gasteiger partial charge in [-0.2, -0.15) is 0 Å². The molecule has 0 fully saturated rings. The number of hydrogen-bond acceptors (Lipinski definition) is 7. The molecule has 0 aliphatic heterocycles. The quantitative estimate of drug-likeness (QED) is 0.321. The van der Waals surface area contributed by atoms with Crippen LogP contribution in [-0.4, -0.2) is 55.8 Å². The zero-order valence-electron chi connectivity index (χ0n) is 16.1. The number of carbonyl (C=O) groups excluding carboxylic acids is 1. The van der Waals surface area contributed by atoms with Gasteiger partial charge >= 0.3 is 6.03 Å². The number of fused-ring (bicyclic) bond motifs is 1. The molecule has 3 rings (SSSR count). The summed E-state index contributed by atoms with van der Waals surface area (Å²) in [5.74, 6) is -0.120. The number of hydrogen-bond donors (Lipinski definition) is 6. The zero-order chi connectivity index (χ0) is 21.7. The zero-order valence-corrected chi connectivity index (χ0v) is 16.1. The van der Waals surface area contributed by atoms with Gasteiger partial charge in [0, 0.05) is 6.07 Å². The molecule has 1 aromatic carbocycles. The van der Waals surface area contributed by atoms with Gasteiger partial charge in [0.25, 0.3) is 0 Å². The van der Waals surface area contributed by atoms with Crippen molar-refractivity contribution in [3.05, 3.63) is 47.4 Å². The summed E-state index contributed by atoms with van der Waals surface area (Å²) in [6.45, 7) is 0.890. The van der Waals surface area contributed by atoms with E-state index in [1.54, 1.807) is 0 Å². The lowest BCUT2D eigenvalue weighted by atomic mass is 10.0. The number of aromatic nitrogens is 3. The van der Waals surface area contributed by atoms with Crippen LogP contribution in [0.15, 0.2) is 30.3 Å². The van der Waals surface area contributed by atoms with E-state index in [2.05, 4.69) is 25.8 Å². The Kier molecular flexibility index (Phi) is 6.77. The molecule has 0 aliphatic rings. The van der Waals surface area contributed by atoms with E-state index in [9.17, 15) is 19.4 Å². The molecular formula is C19H22FN5O5. The molecule has 0 saturated carbocycles. The van der Waals surface area contributed by atoms with Crippen molar-refractivity contribution < 1.29 is 29.2 Å². The van der Waals surface area contributed by atoms with Crippen LogP contribution < -0.4 is 15.4 Å². The molecule has 0 radical (unpaired) electrons. The standard InChI is InChI=1S/C19H22FN5O5/c1-10(28)17(11-2-4-12(20)5-3-11)23-19(29)22-15-8-13-16(14(9-27)21-15)18(25-24-13)30-7-6-26/h2-5,8,10,17,26-28H,6-7,9H2,1H3,(H,24,25)(H2,21,22,23,29). The van der Waals surface area contributed by atoms with Crippen LogP contribution >= 0.6 is 0 Å². The third-order valence-electron chi connectivity index (χ3n) is 4.31. The molecule has 0 saturated heterocycles. The first-order valence-corrected chi connectivity index (χ1v) is 9.16. The Labute approximate surface area is 170 Å². The van der Waals surface area contributed by atoms with Crippen molar-refractivity contribution in [2.75, 3.05) is 18.5 Å². The van der Waals surface area contributed by atoms with Crippen molar-refractivity contribution in [3.63, 3.8) is 0 Å². The molecule has 11 heteroatoms. The van der Waals surface area contributed by atoms with Crippen LogP contribution in [0, 0.1) is 5.82 Å². The molecule has 30 heavy (non-hydrogen) atoms. The third-order valence-corrected chi connectivity index (χ3v) is 4.31. The number of amides is 2. The average Bonchev–Trinajstić information content (AvgIpc) is 3.13. The number of benzene rings is 1. The fourth-order valence-corrected chi connectivity index (χ4v) is 2.96. The lowest BCUT2D eigenvalue weighted by Gasteiger charge is -2.22. The number of ether oxygens (including phenoxy) is 1. The lowest BCUT2D eigenvalue weighted by molar-refractivity contribution is 0.148. The molecule has 2 amide bonds. The highest BCUT2D eigenvalue weighted by Gasteiger charge is 2.21. The van der Waals surface area contributed by atoms with Crippen LogP contribution in [0.5, 0.6) is 5.88 Å². The Hall–Kier alpha value is -3.28. The number of anilines is 1. The van der Waals surface area contributed by atoms with Gasteiger partial charge in [0.15, 0.2) is 0 Å². The molecule has 2 aromatic heterocycles. The summed E-state index contributed by atoms with van der Waals surface area (Å²) in [6, 6.07) is 5.49. The Balaban J connectivity index is 1.79. The van der Waals surface area contributed by atoms with Crippen molar-refractivity contribution in [1.82, 2.24) is 20.5 Å². The monoisotopic (exact) mass is 419 g/mol. The lowest BCUT2D eigenvalue weighted by Crippen LogP contribution is -2.38. The summed E-state index contributed by atoms with van der Waals surface area (Å²) in [4.78, 5) is 16.7. The Morgan fingerprint density at radius 2 is 2.03 bits per heavy atom. The van der Waals surface area contributed by atoms with Crippen molar-refractivity contribution in [2.24, 2.45) is 0 Å². The van der Waals surface area contributed by atoms with E-state index < -0.39 is 30.6 Å². The maximum atomic E-state index is 13.2. The summed E-state index contributed by atoms with van der Waals surface area (Å²) < 4.78 is 18.5. The summed E-state index contributed by atoms with van der Waals surface area (Å²) in [7, 11) is 0. The minimum absolute atomic E-state index is 0.0251. The largest absolute Gasteiger partial charge is 0.474 e. The van der Waals surface area contributed by atoms with E-state index in [-0.39, 0.29) is 30.6 Å². The Morgan fingerprint density at radius 3 is 2.67 bits per heavy atom. The summed E-state index contributed by atoms with van der Waals surface area (Å²) in [5.41, 5.74) is 1.21. The number of aliphatic hydroxyl groups is 3. The van der Waals surface area contributed by atoms with Gasteiger partial charge in [-0.25, -0.2) is 14.2 Å². The van der Waals surface area contributed by atoms with Crippen LogP contribution in [0.4, 0.5) is 15.0 Å². The van der Waals surface area contributed by atoms with Gasteiger partial charge in [-0.1, -0.05) is 12.1 Å². The smallest absolute Gasteiger partial charge is 0.320 e. The second kappa shape index (κ2) is 9.48. The normalized spacial score (nSPS) is 13.1. The number of carbonyl (C=O) groups is 1. The number of urea groups is 1. The van der Waals surface area contributed by atoms with Gasteiger partial charge in [0.05, 0.1) is 42.0 Å². The number of aromatic amines is 1. The first kappa shape index (κ1) is 21.4. The number of nitrogens with one attached hydrogen (secondary N) is 3. The van der Waals surface area contributed by atoms with Crippen LogP contribution in [0.2, 0.25) is 0 Å². The first-order chi connectivity index (χ1) is 14.4. The van der Waals surface area contributed by atoms with Crippen LogP contribution in [0.25, 0.3) is 10.9 Å². The summed E-state index contributed by atoms with van der Waals surface area (Å²) >= 11 is 0. The van der Waals surface area contributed by atoms with Crippen LogP contribution in [-0.2, 0) is 6.61 Å². The highest BCUT2D eigenvalue weighted by Crippen LogP contribution is 2.28. The molecule has 2 heterocycles. The third kappa shape index (κ3) is 4.82. The maximum Gasteiger partial charge on any atom is 0.320 e. The van der Waals surface area contributed by atoms with Gasteiger partial charge in [-0.15, -0.1) is 5.10 Å². The maximum absolute atomic E-state index is 13.2. The Bertz CT molecular complexity index is 1010. The predicted molar refractivity (Wildman–Crippen MR) is 105 cm³/mol. The Morgan fingerprint density at radius 1 is 1.30 bits per heavy atom. The fraction of sp³-hybridized carbons (Fsp3) is 0.316. The summed E-state index contributed by atoms with van der Waals surface area (Å²) in [6.07, 6.45) is -0.941. The highest BCUT2D eigenvalue weighted by molar-refractivity contribution is 5.93. The van der Waals surface area contributed by atoms with E-state index in [0.29, 0.717) is 16.5 Å². The number of halogens is 1. The molecular weight excluding hydrogens is 397 g/mol. The molecule has 2 atom stereocenters. The van der Waals surface area contributed by atoms with E-state index in [1.165, 1.54) is 37.3 Å². The number of rotatable bonds is 8. The minimum Gasteiger partial charge on any atom is -0.474 e. The molecule has 160 valence electrons. The van der Waals surface area contributed by atoms with Gasteiger partial charge in [-0.3, -0.25) is 10.4 Å². The minimum atomic E-state index is -0.941. The van der Waals surface area contributed by atoms with Gasteiger partial charge < -0.3 is 25.4 Å². The highest BCUT2D eigenvalue weighted by atomic mass is 19.1. The van der Waals surface area contributed by atoms with Crippen molar-refractivity contribution in [2.45, 2.75) is 25.7 Å². The van der Waals surface area contributed by atoms with Gasteiger partial charge in [0.1, 0.15) is 18.2 Å². The van der Waals surface area contributed by atoms with Crippen molar-refractivity contribution in [1.29, 1.82) is 0 Å². The van der Waals surface area contributed by atoms with E-state index in [1.807, 2.05) is 0 Å². The molecule has 2 unspecified atom stereocenters. The predicted octanol–water partition coefficient (Wildman–Crippen LogP) is 1.20. The molecule has 0 bridgehead atoms. The average molecular weight is 419 g/mol. The fourth-order valence-electron chi connectivity index (χ4n) is 2.96. The SMILES string of the molecule is CC(O)C(NC(=O)Nc1cc2[nH]nc(OCCO)c2c(CO)n1)c1ccc(F)cc1. The number of aliphatic hydroxyl groups excluding tert-OH is 3. The molecule has 0 aliphatic carbocycles. The number of pyridine rings is 1. The number of nitrogens with zero attached hydrogens (tertiary/aromatic N) is 2. The summed E-state index contributed by atoms with van der Waals surface area (Å²) in [5, 5.41) is 40.9. The molecule has 10 nitrogen and oxygen atoms in total. The second-order valence-corrected chi connectivity index (χ2v) is 6.50. The van der Waals surface area contributed by atoms with E-state index in [4.69, 9.17) is 9.84 Å². The molecule has 6 N–H and O–H groups in total. The van der Waals surface area contributed by atoms with E-state index >= 15 is 0 Å². The van der Waals surface area contributed by atoms with Crippen LogP contribution in [0.3, 0.4) is 0 Å². The van der Waals surface area contributed by atoms with Crippen LogP contribution in [0.1, 0.15) is 24.2 Å². The van der Waals surface area contributed by atoms with Gasteiger partial charge in [0.2, 0.25) is 5.88 Å². The second-order valence-electron chi connectivity index (χ2n) is 6.50.